The van der Waals surface area contributed by atoms with Crippen LogP contribution in [0.1, 0.15) is 61.3 Å². The maximum Gasteiger partial charge on any atom is 0.511 e. The van der Waals surface area contributed by atoms with Crippen LogP contribution in [0.25, 0.3) is 0 Å². The van der Waals surface area contributed by atoms with Crippen LogP contribution in [0.2, 0.25) is 0 Å². The van der Waals surface area contributed by atoms with E-state index in [2.05, 4.69) is 50.4 Å². The summed E-state index contributed by atoms with van der Waals surface area (Å²) in [5, 5.41) is 11.0. The minimum Gasteiger partial charge on any atom is -0.428 e. The van der Waals surface area contributed by atoms with Gasteiger partial charge < -0.3 is 23.2 Å². The second-order valence-electron chi connectivity index (χ2n) is 13.2. The zero-order valence-corrected chi connectivity index (χ0v) is 28.0. The molecule has 0 spiro atoms. The lowest BCUT2D eigenvalue weighted by Crippen LogP contribution is -2.51. The number of hydrogen-bond acceptors (Lipinski definition) is 7. The molecule has 3 aromatic carbocycles. The topological polar surface area (TPSA) is 105 Å². The lowest BCUT2D eigenvalue weighted by atomic mass is 10.0. The number of carbonyl (C=O) groups is 2. The molecule has 0 amide bonds. The number of piperidine rings is 1. The summed E-state index contributed by atoms with van der Waals surface area (Å²) in [6.45, 7) is 9.44. The third-order valence-corrected chi connectivity index (χ3v) is 8.95. The molecular weight excluding hydrogens is 598 g/mol. The molecule has 252 valence electrons. The number of benzene rings is 3. The van der Waals surface area contributed by atoms with Crippen LogP contribution < -0.4 is 0 Å². The van der Waals surface area contributed by atoms with Gasteiger partial charge in [0.1, 0.15) is 32.8 Å². The summed E-state index contributed by atoms with van der Waals surface area (Å²) in [6, 6.07) is 25.5. The van der Waals surface area contributed by atoms with E-state index >= 15 is 0 Å². The second-order valence-corrected chi connectivity index (χ2v) is 13.2. The molecule has 47 heavy (non-hydrogen) atoms. The number of carbonyl (C=O) groups excluding carboxylic acids is 2. The standard InChI is InChI=1S/C37H49N3O7/c1-30-14-16-33(17-15-30)28-39(3,27-32-11-6-4-7-12-32)25-26-45-37(42)47-31(2)46-36(41)13-10-24-40(22-8-5-9-23-40)29-34-18-20-35(21-19-34)38(43)44/h4,6-7,11-12,14-21,31H,5,8-10,13,22-29H2,1-3H3/q+2. The van der Waals surface area contributed by atoms with Crippen LogP contribution in [0.15, 0.2) is 78.9 Å². The highest BCUT2D eigenvalue weighted by Crippen LogP contribution is 2.25. The number of rotatable bonds is 16. The number of hydrogen-bond donors (Lipinski definition) is 0. The Labute approximate surface area is 278 Å². The Balaban J connectivity index is 1.21. The third kappa shape index (κ3) is 11.8. The molecular formula is C37H49N3O7+2. The summed E-state index contributed by atoms with van der Waals surface area (Å²) >= 11 is 0. The van der Waals surface area contributed by atoms with E-state index in [1.807, 2.05) is 30.3 Å². The summed E-state index contributed by atoms with van der Waals surface area (Å²) < 4.78 is 17.5. The van der Waals surface area contributed by atoms with E-state index in [1.165, 1.54) is 30.0 Å². The summed E-state index contributed by atoms with van der Waals surface area (Å²) in [5.74, 6) is -0.430. The smallest absolute Gasteiger partial charge is 0.428 e. The largest absolute Gasteiger partial charge is 0.511 e. The van der Waals surface area contributed by atoms with Crippen molar-refractivity contribution in [1.82, 2.24) is 0 Å². The normalized spacial score (nSPS) is 16.0. The maximum absolute atomic E-state index is 12.6. The Morgan fingerprint density at radius 3 is 2.13 bits per heavy atom. The van der Waals surface area contributed by atoms with Gasteiger partial charge in [-0.1, -0.05) is 60.2 Å². The molecule has 2 unspecified atom stereocenters. The fraction of sp³-hybridized carbons (Fsp3) is 0.459. The average Bonchev–Trinajstić information content (AvgIpc) is 3.03. The predicted octanol–water partition coefficient (Wildman–Crippen LogP) is 7.07. The molecule has 1 heterocycles. The van der Waals surface area contributed by atoms with E-state index < -0.39 is 18.4 Å². The highest BCUT2D eigenvalue weighted by molar-refractivity contribution is 5.69. The Hall–Kier alpha value is -4.28. The highest BCUT2D eigenvalue weighted by Gasteiger charge is 2.31. The Kier molecular flexibility index (Phi) is 12.9. The van der Waals surface area contributed by atoms with Crippen LogP contribution in [0.4, 0.5) is 10.5 Å². The van der Waals surface area contributed by atoms with Crippen molar-refractivity contribution in [2.24, 2.45) is 0 Å². The van der Waals surface area contributed by atoms with Gasteiger partial charge in [0.25, 0.3) is 5.69 Å². The van der Waals surface area contributed by atoms with Crippen molar-refractivity contribution >= 4 is 17.8 Å². The molecule has 4 rings (SSSR count). The molecule has 2 atom stereocenters. The molecule has 0 aliphatic carbocycles. The quantitative estimate of drug-likeness (QED) is 0.0538. The van der Waals surface area contributed by atoms with E-state index in [-0.39, 0.29) is 23.6 Å². The second kappa shape index (κ2) is 17.0. The first kappa shape index (κ1) is 35.6. The van der Waals surface area contributed by atoms with Gasteiger partial charge in [-0.3, -0.25) is 14.9 Å². The van der Waals surface area contributed by atoms with E-state index in [0.29, 0.717) is 17.4 Å². The Bertz CT molecular complexity index is 1440. The molecule has 0 N–H and O–H groups in total. The van der Waals surface area contributed by atoms with Crippen LogP contribution in [-0.2, 0) is 38.6 Å². The summed E-state index contributed by atoms with van der Waals surface area (Å²) in [4.78, 5) is 35.8. The van der Waals surface area contributed by atoms with Gasteiger partial charge in [-0.15, -0.1) is 0 Å². The van der Waals surface area contributed by atoms with Gasteiger partial charge in [0.2, 0.25) is 6.29 Å². The van der Waals surface area contributed by atoms with Crippen molar-refractivity contribution in [3.05, 3.63) is 111 Å². The molecule has 1 fully saturated rings. The molecule has 1 aliphatic rings. The number of likely N-dealkylation sites (N-methyl/N-ethyl adjacent to an activating group) is 1. The predicted molar refractivity (Wildman–Crippen MR) is 179 cm³/mol. The molecule has 0 bridgehead atoms. The summed E-state index contributed by atoms with van der Waals surface area (Å²) in [7, 11) is 2.15. The molecule has 0 saturated carbocycles. The van der Waals surface area contributed by atoms with Gasteiger partial charge in [-0.05, 0) is 38.3 Å². The highest BCUT2D eigenvalue weighted by atomic mass is 16.8. The first-order chi connectivity index (χ1) is 22.5. The van der Waals surface area contributed by atoms with Crippen molar-refractivity contribution < 1.29 is 37.7 Å². The molecule has 10 nitrogen and oxygen atoms in total. The van der Waals surface area contributed by atoms with E-state index in [4.69, 9.17) is 14.2 Å². The number of non-ortho nitro benzene ring substituents is 1. The lowest BCUT2D eigenvalue weighted by Gasteiger charge is -2.41. The van der Waals surface area contributed by atoms with Gasteiger partial charge in [-0.2, -0.15) is 0 Å². The summed E-state index contributed by atoms with van der Waals surface area (Å²) in [6.07, 6.45) is 2.31. The number of likely N-dealkylation sites (tertiary alicyclic amines) is 1. The van der Waals surface area contributed by atoms with Crippen molar-refractivity contribution in [3.63, 3.8) is 0 Å². The summed E-state index contributed by atoms with van der Waals surface area (Å²) in [5.41, 5.74) is 4.75. The number of quaternary nitrogens is 2. The minimum absolute atomic E-state index is 0.0840. The van der Waals surface area contributed by atoms with Gasteiger partial charge in [-0.25, -0.2) is 4.79 Å². The molecule has 0 radical (unpaired) electrons. The lowest BCUT2D eigenvalue weighted by molar-refractivity contribution is -0.945. The molecule has 1 aliphatic heterocycles. The average molecular weight is 648 g/mol. The van der Waals surface area contributed by atoms with Crippen LogP contribution in [0.3, 0.4) is 0 Å². The molecule has 0 aromatic heterocycles. The van der Waals surface area contributed by atoms with Crippen LogP contribution in [0.5, 0.6) is 0 Å². The molecule has 10 heteroatoms. The number of ether oxygens (including phenoxy) is 3. The minimum atomic E-state index is -1.06. The van der Waals surface area contributed by atoms with Gasteiger partial charge >= 0.3 is 12.1 Å². The first-order valence-electron chi connectivity index (χ1n) is 16.6. The van der Waals surface area contributed by atoms with Gasteiger partial charge in [0, 0.05) is 42.2 Å². The number of nitro groups is 1. The van der Waals surface area contributed by atoms with Crippen molar-refractivity contribution in [2.45, 2.75) is 71.9 Å². The van der Waals surface area contributed by atoms with Gasteiger partial charge in [0.05, 0.1) is 38.0 Å². The van der Waals surface area contributed by atoms with Gasteiger partial charge in [0.15, 0.2) is 0 Å². The van der Waals surface area contributed by atoms with E-state index in [9.17, 15) is 19.7 Å². The zero-order chi connectivity index (χ0) is 33.7. The van der Waals surface area contributed by atoms with Crippen molar-refractivity contribution in [2.75, 3.05) is 39.8 Å². The monoisotopic (exact) mass is 647 g/mol. The van der Waals surface area contributed by atoms with E-state index in [1.54, 1.807) is 12.1 Å². The number of esters is 1. The molecule has 1 saturated heterocycles. The van der Waals surface area contributed by atoms with Crippen molar-refractivity contribution in [1.29, 1.82) is 0 Å². The maximum atomic E-state index is 12.6. The fourth-order valence-electron chi connectivity index (χ4n) is 6.47. The number of aryl methyl sites for hydroxylation is 1. The number of nitro benzene ring substituents is 1. The van der Waals surface area contributed by atoms with Crippen molar-refractivity contribution in [3.8, 4) is 0 Å². The third-order valence-electron chi connectivity index (χ3n) is 8.95. The zero-order valence-electron chi connectivity index (χ0n) is 28.0. The number of nitrogens with zero attached hydrogens (tertiary/aromatic N) is 3. The van der Waals surface area contributed by atoms with Crippen LogP contribution >= 0.6 is 0 Å². The Morgan fingerprint density at radius 2 is 1.49 bits per heavy atom. The Morgan fingerprint density at radius 1 is 0.872 bits per heavy atom. The first-order valence-corrected chi connectivity index (χ1v) is 16.6. The molecule has 3 aromatic rings. The SMILES string of the molecule is Cc1ccc(C[N+](C)(CCOC(=O)OC(C)OC(=O)CCC[N+]2(Cc3ccc([N+](=O)[O-])cc3)CCCCC2)Cc2ccccc2)cc1. The van der Waals surface area contributed by atoms with Crippen LogP contribution in [0, 0.1) is 17.0 Å². The fourth-order valence-corrected chi connectivity index (χ4v) is 6.47. The van der Waals surface area contributed by atoms with E-state index in [0.717, 1.165) is 62.2 Å². The van der Waals surface area contributed by atoms with Crippen LogP contribution in [-0.4, -0.2) is 72.1 Å².